The van der Waals surface area contributed by atoms with Gasteiger partial charge in [-0.1, -0.05) is 20.3 Å². The fourth-order valence-electron chi connectivity index (χ4n) is 3.79. The summed E-state index contributed by atoms with van der Waals surface area (Å²) < 4.78 is 11.3. The Morgan fingerprint density at radius 1 is 1.42 bits per heavy atom. The molecule has 0 spiro atoms. The third kappa shape index (κ3) is 2.54. The summed E-state index contributed by atoms with van der Waals surface area (Å²) in [4.78, 5) is 12.3. The molecule has 2 fully saturated rings. The van der Waals surface area contributed by atoms with E-state index in [-0.39, 0.29) is 17.7 Å². The van der Waals surface area contributed by atoms with Gasteiger partial charge in [-0.25, -0.2) is 0 Å². The van der Waals surface area contributed by atoms with Gasteiger partial charge in [0.1, 0.15) is 0 Å². The number of carbonyl (C=O) groups is 1. The Labute approximate surface area is 117 Å². The molecule has 0 aliphatic heterocycles. The number of ether oxygens (including phenoxy) is 2. The Balaban J connectivity index is 2.07. The smallest absolute Gasteiger partial charge is 0.313 e. The van der Waals surface area contributed by atoms with E-state index in [1.807, 2.05) is 20.8 Å². The van der Waals surface area contributed by atoms with E-state index in [4.69, 9.17) is 9.47 Å². The van der Waals surface area contributed by atoms with Crippen LogP contribution >= 0.6 is 0 Å². The minimum absolute atomic E-state index is 0.0111. The molecule has 19 heavy (non-hydrogen) atoms. The molecule has 2 aliphatic carbocycles. The molecular formula is C16H28O3. The summed E-state index contributed by atoms with van der Waals surface area (Å²) in [5.74, 6) is 1.33. The van der Waals surface area contributed by atoms with E-state index in [0.29, 0.717) is 5.92 Å². The highest BCUT2D eigenvalue weighted by molar-refractivity contribution is 5.75. The van der Waals surface area contributed by atoms with Gasteiger partial charge in [0.25, 0.3) is 0 Å². The summed E-state index contributed by atoms with van der Waals surface area (Å²) in [7, 11) is 1.66. The number of carbonyl (C=O) groups excluding carboxylic acids is 1. The maximum absolute atomic E-state index is 12.3. The van der Waals surface area contributed by atoms with Crippen molar-refractivity contribution in [2.45, 2.75) is 66.1 Å². The topological polar surface area (TPSA) is 35.5 Å². The zero-order chi connectivity index (χ0) is 14.3. The minimum atomic E-state index is -0.426. The SMILES string of the molecule is CCC(C)(C)C(=O)OC(OC)C1(C)CC2CCC1C2. The largest absolute Gasteiger partial charge is 0.435 e. The number of fused-ring (bicyclic) bond motifs is 2. The summed E-state index contributed by atoms with van der Waals surface area (Å²) in [6, 6.07) is 0. The van der Waals surface area contributed by atoms with Gasteiger partial charge >= 0.3 is 5.97 Å². The molecule has 0 saturated heterocycles. The molecule has 4 atom stereocenters. The van der Waals surface area contributed by atoms with Gasteiger partial charge in [-0.3, -0.25) is 4.79 Å². The van der Waals surface area contributed by atoms with Gasteiger partial charge in [-0.15, -0.1) is 0 Å². The van der Waals surface area contributed by atoms with Crippen LogP contribution in [0.25, 0.3) is 0 Å². The van der Waals surface area contributed by atoms with Crippen LogP contribution in [0.2, 0.25) is 0 Å². The first kappa shape index (κ1) is 14.8. The quantitative estimate of drug-likeness (QED) is 0.562. The molecule has 0 heterocycles. The van der Waals surface area contributed by atoms with Crippen LogP contribution in [0.3, 0.4) is 0 Å². The average Bonchev–Trinajstić information content (AvgIpc) is 2.95. The first-order chi connectivity index (χ1) is 8.83. The van der Waals surface area contributed by atoms with Crippen molar-refractivity contribution >= 4 is 5.97 Å². The predicted octanol–water partition coefficient (Wildman–Crippen LogP) is 3.76. The second-order valence-electron chi connectivity index (χ2n) is 7.30. The lowest BCUT2D eigenvalue weighted by atomic mass is 9.74. The summed E-state index contributed by atoms with van der Waals surface area (Å²) in [6.45, 7) is 8.12. The van der Waals surface area contributed by atoms with E-state index < -0.39 is 5.41 Å². The molecule has 0 aromatic rings. The third-order valence-electron chi connectivity index (χ3n) is 5.61. The second-order valence-corrected chi connectivity index (χ2v) is 7.30. The van der Waals surface area contributed by atoms with Crippen molar-refractivity contribution in [2.24, 2.45) is 22.7 Å². The van der Waals surface area contributed by atoms with Crippen LogP contribution in [0.5, 0.6) is 0 Å². The molecule has 0 amide bonds. The summed E-state index contributed by atoms with van der Waals surface area (Å²) in [5.41, 5.74) is -0.415. The van der Waals surface area contributed by atoms with Crippen molar-refractivity contribution in [3.8, 4) is 0 Å². The van der Waals surface area contributed by atoms with E-state index in [0.717, 1.165) is 18.8 Å². The zero-order valence-electron chi connectivity index (χ0n) is 13.0. The average molecular weight is 268 g/mol. The Morgan fingerprint density at radius 3 is 2.53 bits per heavy atom. The van der Waals surface area contributed by atoms with Crippen molar-refractivity contribution in [3.05, 3.63) is 0 Å². The van der Waals surface area contributed by atoms with Gasteiger partial charge in [0.05, 0.1) is 5.41 Å². The Bertz CT molecular complexity index is 350. The Morgan fingerprint density at radius 2 is 2.11 bits per heavy atom. The van der Waals surface area contributed by atoms with E-state index in [9.17, 15) is 4.79 Å². The van der Waals surface area contributed by atoms with Gasteiger partial charge in [-0.05, 0) is 51.4 Å². The fourth-order valence-corrected chi connectivity index (χ4v) is 3.79. The van der Waals surface area contributed by atoms with Crippen molar-refractivity contribution in [2.75, 3.05) is 7.11 Å². The maximum atomic E-state index is 12.3. The second kappa shape index (κ2) is 5.08. The van der Waals surface area contributed by atoms with Crippen molar-refractivity contribution < 1.29 is 14.3 Å². The van der Waals surface area contributed by atoms with Crippen LogP contribution in [-0.2, 0) is 14.3 Å². The van der Waals surface area contributed by atoms with Gasteiger partial charge in [0.2, 0.25) is 6.29 Å². The summed E-state index contributed by atoms with van der Waals surface area (Å²) in [5, 5.41) is 0. The van der Waals surface area contributed by atoms with Crippen LogP contribution in [0.4, 0.5) is 0 Å². The highest BCUT2D eigenvalue weighted by Gasteiger charge is 2.54. The van der Waals surface area contributed by atoms with E-state index in [2.05, 4.69) is 6.92 Å². The van der Waals surface area contributed by atoms with Crippen molar-refractivity contribution in [3.63, 3.8) is 0 Å². The number of rotatable bonds is 5. The zero-order valence-corrected chi connectivity index (χ0v) is 13.0. The maximum Gasteiger partial charge on any atom is 0.313 e. The van der Waals surface area contributed by atoms with Gasteiger partial charge in [0, 0.05) is 12.5 Å². The molecule has 110 valence electrons. The first-order valence-electron chi connectivity index (χ1n) is 7.57. The van der Waals surface area contributed by atoms with Gasteiger partial charge in [-0.2, -0.15) is 0 Å². The summed E-state index contributed by atoms with van der Waals surface area (Å²) in [6.07, 6.45) is 5.41. The molecule has 2 bridgehead atoms. The fraction of sp³-hybridized carbons (Fsp3) is 0.938. The molecule has 4 unspecified atom stereocenters. The molecule has 3 heteroatoms. The molecule has 0 aromatic carbocycles. The van der Waals surface area contributed by atoms with Crippen LogP contribution in [0.15, 0.2) is 0 Å². The van der Waals surface area contributed by atoms with E-state index in [1.165, 1.54) is 19.3 Å². The lowest BCUT2D eigenvalue weighted by Gasteiger charge is -2.40. The van der Waals surface area contributed by atoms with Crippen LogP contribution in [0, 0.1) is 22.7 Å². The molecule has 0 N–H and O–H groups in total. The predicted molar refractivity (Wildman–Crippen MR) is 74.5 cm³/mol. The van der Waals surface area contributed by atoms with Crippen LogP contribution in [0.1, 0.15) is 59.8 Å². The molecule has 3 nitrogen and oxygen atoms in total. The highest BCUT2D eigenvalue weighted by Crippen LogP contribution is 2.58. The van der Waals surface area contributed by atoms with Crippen LogP contribution < -0.4 is 0 Å². The normalized spacial score (nSPS) is 35.4. The number of methoxy groups -OCH3 is 1. The Hall–Kier alpha value is -0.570. The monoisotopic (exact) mass is 268 g/mol. The van der Waals surface area contributed by atoms with Gasteiger partial charge < -0.3 is 9.47 Å². The number of hydrogen-bond donors (Lipinski definition) is 0. The van der Waals surface area contributed by atoms with Crippen LogP contribution in [-0.4, -0.2) is 19.4 Å². The minimum Gasteiger partial charge on any atom is -0.435 e. The van der Waals surface area contributed by atoms with Crippen molar-refractivity contribution in [1.82, 2.24) is 0 Å². The lowest BCUT2D eigenvalue weighted by Crippen LogP contribution is -2.43. The molecule has 2 rings (SSSR count). The molecule has 0 aromatic heterocycles. The number of esters is 1. The Kier molecular flexibility index (Phi) is 3.97. The third-order valence-corrected chi connectivity index (χ3v) is 5.61. The molecule has 0 radical (unpaired) electrons. The molecular weight excluding hydrogens is 240 g/mol. The lowest BCUT2D eigenvalue weighted by molar-refractivity contribution is -0.217. The standard InChI is InChI=1S/C16H28O3/c1-6-15(2,3)13(17)19-14(18-5)16(4)10-11-7-8-12(16)9-11/h11-12,14H,6-10H2,1-5H3. The van der Waals surface area contributed by atoms with Crippen molar-refractivity contribution in [1.29, 1.82) is 0 Å². The van der Waals surface area contributed by atoms with Gasteiger partial charge in [0.15, 0.2) is 0 Å². The first-order valence-corrected chi connectivity index (χ1v) is 7.57. The number of hydrogen-bond acceptors (Lipinski definition) is 3. The van der Waals surface area contributed by atoms with E-state index in [1.54, 1.807) is 7.11 Å². The molecule has 2 aliphatic rings. The highest BCUT2D eigenvalue weighted by atomic mass is 16.7. The summed E-state index contributed by atoms with van der Waals surface area (Å²) >= 11 is 0. The van der Waals surface area contributed by atoms with E-state index >= 15 is 0 Å². The molecule has 2 saturated carbocycles.